The molecule has 0 radical (unpaired) electrons. The molecule has 0 saturated heterocycles. The Labute approximate surface area is 137 Å². The molecule has 2 aromatic carbocycles. The fraction of sp³-hybridized carbons (Fsp3) is 0.0667. The van der Waals surface area contributed by atoms with Gasteiger partial charge in [0.1, 0.15) is 0 Å². The van der Waals surface area contributed by atoms with Crippen LogP contribution >= 0.6 is 34.8 Å². The third kappa shape index (κ3) is 2.64. The zero-order chi connectivity index (χ0) is 14.8. The summed E-state index contributed by atoms with van der Waals surface area (Å²) in [5, 5.41) is 9.39. The normalized spacial score (nSPS) is 10.8. The van der Waals surface area contributed by atoms with Gasteiger partial charge in [-0.15, -0.1) is 21.8 Å². The van der Waals surface area contributed by atoms with E-state index in [2.05, 4.69) is 10.2 Å². The number of rotatable bonds is 3. The summed E-state index contributed by atoms with van der Waals surface area (Å²) >= 11 is 18.5. The molecule has 6 heteroatoms. The summed E-state index contributed by atoms with van der Waals surface area (Å²) in [6, 6.07) is 15.1. The summed E-state index contributed by atoms with van der Waals surface area (Å²) in [6.07, 6.45) is 0. The van der Waals surface area contributed by atoms with E-state index < -0.39 is 0 Å². The van der Waals surface area contributed by atoms with Crippen molar-refractivity contribution in [2.75, 3.05) is 0 Å². The minimum atomic E-state index is 0.240. The van der Waals surface area contributed by atoms with Crippen LogP contribution in [0.3, 0.4) is 0 Å². The van der Waals surface area contributed by atoms with Crippen molar-refractivity contribution < 1.29 is 0 Å². The molecule has 0 amide bonds. The predicted molar refractivity (Wildman–Crippen MR) is 86.4 cm³/mol. The SMILES string of the molecule is ClCc1nnc(-c2c(Cl)cccc2Cl)n1-c1ccccc1. The van der Waals surface area contributed by atoms with Gasteiger partial charge in [-0.25, -0.2) is 0 Å². The van der Waals surface area contributed by atoms with Crippen LogP contribution in [0.1, 0.15) is 5.82 Å². The van der Waals surface area contributed by atoms with Gasteiger partial charge in [-0.1, -0.05) is 47.5 Å². The molecule has 0 N–H and O–H groups in total. The number of para-hydroxylation sites is 1. The topological polar surface area (TPSA) is 30.7 Å². The Balaban J connectivity index is 2.28. The summed E-state index contributed by atoms with van der Waals surface area (Å²) < 4.78 is 1.86. The molecule has 1 aromatic heterocycles. The number of aromatic nitrogens is 3. The van der Waals surface area contributed by atoms with Crippen molar-refractivity contribution in [2.24, 2.45) is 0 Å². The van der Waals surface area contributed by atoms with Crippen LogP contribution in [-0.2, 0) is 5.88 Å². The van der Waals surface area contributed by atoms with Gasteiger partial charge >= 0.3 is 0 Å². The van der Waals surface area contributed by atoms with Crippen molar-refractivity contribution in [1.82, 2.24) is 14.8 Å². The molecule has 0 bridgehead atoms. The van der Waals surface area contributed by atoms with E-state index >= 15 is 0 Å². The van der Waals surface area contributed by atoms with Crippen molar-refractivity contribution in [3.8, 4) is 17.1 Å². The van der Waals surface area contributed by atoms with Crippen LogP contribution in [-0.4, -0.2) is 14.8 Å². The van der Waals surface area contributed by atoms with Gasteiger partial charge in [0, 0.05) is 5.69 Å². The Bertz CT molecular complexity index is 749. The monoisotopic (exact) mass is 337 g/mol. The number of halogens is 3. The van der Waals surface area contributed by atoms with Gasteiger partial charge in [-0.3, -0.25) is 4.57 Å². The lowest BCUT2D eigenvalue weighted by Gasteiger charge is -2.11. The second-order valence-electron chi connectivity index (χ2n) is 4.34. The molecule has 0 unspecified atom stereocenters. The third-order valence-electron chi connectivity index (χ3n) is 3.05. The fourth-order valence-corrected chi connectivity index (χ4v) is 2.86. The first kappa shape index (κ1) is 14.4. The number of hydrogen-bond acceptors (Lipinski definition) is 2. The first-order valence-electron chi connectivity index (χ1n) is 6.22. The summed E-state index contributed by atoms with van der Waals surface area (Å²) in [6.45, 7) is 0. The molecule has 3 nitrogen and oxygen atoms in total. The van der Waals surface area contributed by atoms with E-state index in [1.165, 1.54) is 0 Å². The van der Waals surface area contributed by atoms with E-state index in [9.17, 15) is 0 Å². The zero-order valence-corrected chi connectivity index (χ0v) is 13.1. The second-order valence-corrected chi connectivity index (χ2v) is 5.42. The lowest BCUT2D eigenvalue weighted by molar-refractivity contribution is 0.953. The predicted octanol–water partition coefficient (Wildman–Crippen LogP) is 4.98. The van der Waals surface area contributed by atoms with Crippen LogP contribution in [0.15, 0.2) is 48.5 Å². The molecule has 0 atom stereocenters. The molecule has 0 aliphatic carbocycles. The van der Waals surface area contributed by atoms with Crippen molar-refractivity contribution >= 4 is 34.8 Å². The maximum absolute atomic E-state index is 6.28. The number of alkyl halides is 1. The van der Waals surface area contributed by atoms with Crippen LogP contribution in [0, 0.1) is 0 Å². The average Bonchev–Trinajstić information content (AvgIpc) is 2.91. The molecule has 1 heterocycles. The molecular weight excluding hydrogens is 329 g/mol. The van der Waals surface area contributed by atoms with E-state index in [4.69, 9.17) is 34.8 Å². The molecular formula is C15H10Cl3N3. The van der Waals surface area contributed by atoms with Crippen molar-refractivity contribution in [3.05, 3.63) is 64.4 Å². The highest BCUT2D eigenvalue weighted by Gasteiger charge is 2.19. The van der Waals surface area contributed by atoms with E-state index in [0.29, 0.717) is 27.3 Å². The maximum Gasteiger partial charge on any atom is 0.171 e. The molecule has 0 spiro atoms. The van der Waals surface area contributed by atoms with Gasteiger partial charge in [0.2, 0.25) is 0 Å². The second kappa shape index (κ2) is 6.06. The van der Waals surface area contributed by atoms with Gasteiger partial charge in [0.15, 0.2) is 11.6 Å². The minimum Gasteiger partial charge on any atom is -0.278 e. The molecule has 0 aliphatic rings. The zero-order valence-electron chi connectivity index (χ0n) is 10.8. The third-order valence-corrected chi connectivity index (χ3v) is 3.92. The van der Waals surface area contributed by atoms with Gasteiger partial charge in [0.05, 0.1) is 21.5 Å². The molecule has 106 valence electrons. The summed E-state index contributed by atoms with van der Waals surface area (Å²) in [5.74, 6) is 1.45. The van der Waals surface area contributed by atoms with Gasteiger partial charge in [-0.05, 0) is 24.3 Å². The van der Waals surface area contributed by atoms with E-state index in [0.717, 1.165) is 5.69 Å². The lowest BCUT2D eigenvalue weighted by Crippen LogP contribution is -2.02. The minimum absolute atomic E-state index is 0.240. The fourth-order valence-electron chi connectivity index (χ4n) is 2.12. The quantitative estimate of drug-likeness (QED) is 0.631. The Morgan fingerprint density at radius 1 is 0.857 bits per heavy atom. The molecule has 0 saturated carbocycles. The van der Waals surface area contributed by atoms with E-state index in [1.807, 2.05) is 34.9 Å². The van der Waals surface area contributed by atoms with Crippen LogP contribution in [0.4, 0.5) is 0 Å². The summed E-state index contributed by atoms with van der Waals surface area (Å²) in [5.41, 5.74) is 1.55. The maximum atomic E-state index is 6.28. The van der Waals surface area contributed by atoms with Crippen molar-refractivity contribution in [2.45, 2.75) is 5.88 Å². The number of hydrogen-bond donors (Lipinski definition) is 0. The van der Waals surface area contributed by atoms with Crippen LogP contribution in [0.2, 0.25) is 10.0 Å². The smallest absolute Gasteiger partial charge is 0.171 e. The van der Waals surface area contributed by atoms with Gasteiger partial charge < -0.3 is 0 Å². The van der Waals surface area contributed by atoms with E-state index in [-0.39, 0.29) is 5.88 Å². The molecule has 0 aliphatic heterocycles. The first-order chi connectivity index (χ1) is 10.2. The largest absolute Gasteiger partial charge is 0.278 e. The number of benzene rings is 2. The van der Waals surface area contributed by atoms with Gasteiger partial charge in [-0.2, -0.15) is 0 Å². The van der Waals surface area contributed by atoms with Crippen LogP contribution < -0.4 is 0 Å². The lowest BCUT2D eigenvalue weighted by atomic mass is 10.2. The van der Waals surface area contributed by atoms with Gasteiger partial charge in [0.25, 0.3) is 0 Å². The van der Waals surface area contributed by atoms with Crippen molar-refractivity contribution in [3.63, 3.8) is 0 Å². The Hall–Kier alpha value is -1.55. The molecule has 0 fully saturated rings. The Kier molecular flexibility index (Phi) is 4.15. The van der Waals surface area contributed by atoms with Crippen LogP contribution in [0.25, 0.3) is 17.1 Å². The van der Waals surface area contributed by atoms with Crippen molar-refractivity contribution in [1.29, 1.82) is 0 Å². The summed E-state index contributed by atoms with van der Waals surface area (Å²) in [4.78, 5) is 0. The highest BCUT2D eigenvalue weighted by molar-refractivity contribution is 6.39. The Morgan fingerprint density at radius 2 is 1.52 bits per heavy atom. The molecule has 21 heavy (non-hydrogen) atoms. The standard InChI is InChI=1S/C15H10Cl3N3/c16-9-13-19-20-15(14-11(17)7-4-8-12(14)18)21(13)10-5-2-1-3-6-10/h1-8H,9H2. The molecule has 3 aromatic rings. The van der Waals surface area contributed by atoms with E-state index in [1.54, 1.807) is 18.2 Å². The highest BCUT2D eigenvalue weighted by atomic mass is 35.5. The van der Waals surface area contributed by atoms with Crippen LogP contribution in [0.5, 0.6) is 0 Å². The molecule has 3 rings (SSSR count). The number of nitrogens with zero attached hydrogens (tertiary/aromatic N) is 3. The Morgan fingerprint density at radius 3 is 2.14 bits per heavy atom. The summed E-state index contributed by atoms with van der Waals surface area (Å²) in [7, 11) is 0. The average molecular weight is 339 g/mol. The highest BCUT2D eigenvalue weighted by Crippen LogP contribution is 2.35. The first-order valence-corrected chi connectivity index (χ1v) is 7.51.